The molecule has 0 aliphatic heterocycles. The highest BCUT2D eigenvalue weighted by atomic mass is 79.9. The summed E-state index contributed by atoms with van der Waals surface area (Å²) in [5.74, 6) is -0.708. The van der Waals surface area contributed by atoms with E-state index in [-0.39, 0.29) is 23.9 Å². The van der Waals surface area contributed by atoms with Gasteiger partial charge in [0.2, 0.25) is 0 Å². The third kappa shape index (κ3) is 2.43. The summed E-state index contributed by atoms with van der Waals surface area (Å²) in [6, 6.07) is 4.06. The summed E-state index contributed by atoms with van der Waals surface area (Å²) in [5, 5.41) is 0. The summed E-state index contributed by atoms with van der Waals surface area (Å²) in [7, 11) is 0. The Balaban J connectivity index is 2.45. The minimum absolute atomic E-state index is 0.0733. The highest BCUT2D eigenvalue weighted by Crippen LogP contribution is 2.31. The van der Waals surface area contributed by atoms with Gasteiger partial charge in [0.25, 0.3) is 0 Å². The van der Waals surface area contributed by atoms with Crippen LogP contribution in [0, 0.1) is 5.82 Å². The molecule has 0 saturated heterocycles. The molecule has 2 rings (SSSR count). The quantitative estimate of drug-likeness (QED) is 0.815. The van der Waals surface area contributed by atoms with E-state index in [2.05, 4.69) is 20.9 Å². The van der Waals surface area contributed by atoms with E-state index in [4.69, 9.17) is 9.15 Å². The van der Waals surface area contributed by atoms with Crippen LogP contribution in [0.3, 0.4) is 0 Å². The maximum absolute atomic E-state index is 13.0. The molecule has 0 aliphatic carbocycles. The molecule has 0 saturated carbocycles. The van der Waals surface area contributed by atoms with Crippen molar-refractivity contribution in [3.05, 3.63) is 40.6 Å². The third-order valence-corrected chi connectivity index (χ3v) is 2.87. The van der Waals surface area contributed by atoms with Gasteiger partial charge in [-0.2, -0.15) is 0 Å². The molecule has 0 radical (unpaired) electrons. The zero-order valence-electron chi connectivity index (χ0n) is 9.44. The second-order valence-corrected chi connectivity index (χ2v) is 4.23. The van der Waals surface area contributed by atoms with Crippen LogP contribution in [0.2, 0.25) is 0 Å². The Morgan fingerprint density at radius 2 is 2.33 bits per heavy atom. The highest BCUT2D eigenvalue weighted by Gasteiger charge is 2.21. The molecule has 0 bridgehead atoms. The van der Waals surface area contributed by atoms with E-state index in [0.717, 1.165) is 6.39 Å². The van der Waals surface area contributed by atoms with Crippen LogP contribution in [0.5, 0.6) is 0 Å². The lowest BCUT2D eigenvalue weighted by Gasteiger charge is -2.03. The summed E-state index contributed by atoms with van der Waals surface area (Å²) in [6.45, 7) is 1.95. The number of hydrogen-bond acceptors (Lipinski definition) is 4. The molecule has 0 fully saturated rings. The lowest BCUT2D eigenvalue weighted by Crippen LogP contribution is -2.06. The first kappa shape index (κ1) is 12.8. The molecule has 0 atom stereocenters. The largest absolute Gasteiger partial charge is 0.461 e. The molecule has 94 valence electrons. The van der Waals surface area contributed by atoms with E-state index in [1.807, 2.05) is 0 Å². The van der Waals surface area contributed by atoms with Gasteiger partial charge in [-0.3, -0.25) is 0 Å². The Bertz CT molecular complexity index is 582. The van der Waals surface area contributed by atoms with Crippen LogP contribution in [-0.2, 0) is 4.74 Å². The number of nitrogens with zero attached hydrogens (tertiary/aromatic N) is 1. The summed E-state index contributed by atoms with van der Waals surface area (Å²) in [6.07, 6.45) is 1.15. The summed E-state index contributed by atoms with van der Waals surface area (Å²) < 4.78 is 23.5. The Morgan fingerprint density at radius 3 is 3.00 bits per heavy atom. The van der Waals surface area contributed by atoms with Gasteiger partial charge < -0.3 is 9.15 Å². The molecular formula is C12H9BrFNO3. The number of rotatable bonds is 3. The van der Waals surface area contributed by atoms with Crippen LogP contribution in [0.25, 0.3) is 11.3 Å². The summed E-state index contributed by atoms with van der Waals surface area (Å²) in [4.78, 5) is 15.5. The number of ether oxygens (including phenoxy) is 1. The van der Waals surface area contributed by atoms with Gasteiger partial charge in [-0.15, -0.1) is 0 Å². The summed E-state index contributed by atoms with van der Waals surface area (Å²) in [5.41, 5.74) is 0.612. The van der Waals surface area contributed by atoms with Crippen LogP contribution in [0.4, 0.5) is 4.39 Å². The van der Waals surface area contributed by atoms with Crippen LogP contribution in [0.1, 0.15) is 17.4 Å². The van der Waals surface area contributed by atoms with E-state index in [1.165, 1.54) is 18.2 Å². The van der Waals surface area contributed by atoms with Crippen molar-refractivity contribution in [3.8, 4) is 11.3 Å². The Labute approximate surface area is 111 Å². The molecule has 0 spiro atoms. The SMILES string of the molecule is CCOC(=O)c1ncoc1-c1ccc(F)cc1Br. The Hall–Kier alpha value is -1.69. The van der Waals surface area contributed by atoms with Crippen molar-refractivity contribution in [2.45, 2.75) is 6.92 Å². The molecule has 18 heavy (non-hydrogen) atoms. The predicted octanol–water partition coefficient (Wildman–Crippen LogP) is 3.42. The smallest absolute Gasteiger partial charge is 0.360 e. The number of halogens is 2. The topological polar surface area (TPSA) is 52.3 Å². The second kappa shape index (κ2) is 5.30. The summed E-state index contributed by atoms with van der Waals surface area (Å²) >= 11 is 3.21. The normalized spacial score (nSPS) is 10.4. The highest BCUT2D eigenvalue weighted by molar-refractivity contribution is 9.10. The van der Waals surface area contributed by atoms with Crippen LogP contribution >= 0.6 is 15.9 Å². The van der Waals surface area contributed by atoms with Gasteiger partial charge in [0.05, 0.1) is 6.61 Å². The molecule has 1 aromatic heterocycles. The molecule has 0 N–H and O–H groups in total. The zero-order valence-corrected chi connectivity index (χ0v) is 11.0. The average molecular weight is 314 g/mol. The minimum Gasteiger partial charge on any atom is -0.461 e. The monoisotopic (exact) mass is 313 g/mol. The fraction of sp³-hybridized carbons (Fsp3) is 0.167. The number of aromatic nitrogens is 1. The molecule has 0 amide bonds. The Morgan fingerprint density at radius 1 is 1.56 bits per heavy atom. The number of carbonyl (C=O) groups is 1. The molecule has 1 heterocycles. The van der Waals surface area contributed by atoms with Crippen LogP contribution in [-0.4, -0.2) is 17.6 Å². The van der Waals surface area contributed by atoms with E-state index >= 15 is 0 Å². The minimum atomic E-state index is -0.572. The van der Waals surface area contributed by atoms with Crippen molar-refractivity contribution < 1.29 is 18.3 Å². The van der Waals surface area contributed by atoms with Gasteiger partial charge >= 0.3 is 5.97 Å². The maximum atomic E-state index is 13.0. The van der Waals surface area contributed by atoms with E-state index in [9.17, 15) is 9.18 Å². The van der Waals surface area contributed by atoms with Gasteiger partial charge in [0, 0.05) is 10.0 Å². The number of esters is 1. The lowest BCUT2D eigenvalue weighted by molar-refractivity contribution is 0.0520. The van der Waals surface area contributed by atoms with E-state index < -0.39 is 5.97 Å². The molecular weight excluding hydrogens is 305 g/mol. The predicted molar refractivity (Wildman–Crippen MR) is 65.6 cm³/mol. The van der Waals surface area contributed by atoms with Crippen molar-refractivity contribution >= 4 is 21.9 Å². The molecule has 0 aliphatic rings. The molecule has 2 aromatic rings. The number of carbonyl (C=O) groups excluding carboxylic acids is 1. The lowest BCUT2D eigenvalue weighted by atomic mass is 10.1. The van der Waals surface area contributed by atoms with Gasteiger partial charge in [0.15, 0.2) is 17.8 Å². The fourth-order valence-corrected chi connectivity index (χ4v) is 1.99. The van der Waals surface area contributed by atoms with Crippen LogP contribution < -0.4 is 0 Å². The fourth-order valence-electron chi connectivity index (χ4n) is 1.46. The number of hydrogen-bond donors (Lipinski definition) is 0. The van der Waals surface area contributed by atoms with Gasteiger partial charge in [0.1, 0.15) is 5.82 Å². The zero-order chi connectivity index (χ0) is 13.1. The van der Waals surface area contributed by atoms with Crippen molar-refractivity contribution in [2.24, 2.45) is 0 Å². The first-order valence-electron chi connectivity index (χ1n) is 5.19. The maximum Gasteiger partial charge on any atom is 0.360 e. The first-order valence-corrected chi connectivity index (χ1v) is 5.98. The van der Waals surface area contributed by atoms with Crippen molar-refractivity contribution in [3.63, 3.8) is 0 Å². The molecule has 0 unspecified atom stereocenters. The number of oxazole rings is 1. The van der Waals surface area contributed by atoms with E-state index in [0.29, 0.717) is 10.0 Å². The molecule has 4 nitrogen and oxygen atoms in total. The number of benzene rings is 1. The van der Waals surface area contributed by atoms with Crippen molar-refractivity contribution in [1.29, 1.82) is 0 Å². The standard InChI is InChI=1S/C12H9BrFNO3/c1-2-17-12(16)10-11(18-6-15-10)8-4-3-7(14)5-9(8)13/h3-6H,2H2,1H3. The van der Waals surface area contributed by atoms with Gasteiger partial charge in [-0.25, -0.2) is 14.2 Å². The molecule has 1 aromatic carbocycles. The van der Waals surface area contributed by atoms with Gasteiger partial charge in [-0.1, -0.05) is 0 Å². The van der Waals surface area contributed by atoms with Crippen molar-refractivity contribution in [1.82, 2.24) is 4.98 Å². The van der Waals surface area contributed by atoms with Gasteiger partial charge in [-0.05, 0) is 41.1 Å². The van der Waals surface area contributed by atoms with Crippen LogP contribution in [0.15, 0.2) is 33.5 Å². The molecule has 6 heteroatoms. The second-order valence-electron chi connectivity index (χ2n) is 3.37. The third-order valence-electron chi connectivity index (χ3n) is 2.21. The average Bonchev–Trinajstić information content (AvgIpc) is 2.78. The Kier molecular flexibility index (Phi) is 3.76. The van der Waals surface area contributed by atoms with Crippen molar-refractivity contribution in [2.75, 3.05) is 6.61 Å². The van der Waals surface area contributed by atoms with E-state index in [1.54, 1.807) is 6.92 Å². The first-order chi connectivity index (χ1) is 8.63.